The molecule has 3 rings (SSSR count). The maximum atomic E-state index is 12.4. The maximum absolute atomic E-state index is 12.4. The first-order chi connectivity index (χ1) is 13.5. The van der Waals surface area contributed by atoms with E-state index in [1.54, 1.807) is 30.5 Å². The molecule has 0 spiro atoms. The van der Waals surface area contributed by atoms with Gasteiger partial charge in [-0.25, -0.2) is 0 Å². The van der Waals surface area contributed by atoms with Gasteiger partial charge in [0.2, 0.25) is 5.91 Å². The standard InChI is InChI=1S/C22H24N4O2/c1-3-20(17-11-9-16(2)10-12-17)25-21(27)15-26-14-19(13-23-26)24-22(28)18-7-5-4-6-8-18/h4-14,20H,3,15H2,1-2H3,(H,24,28)(H,25,27). The molecule has 1 heterocycles. The zero-order valence-electron chi connectivity index (χ0n) is 16.1. The Kier molecular flexibility index (Phi) is 6.22. The summed E-state index contributed by atoms with van der Waals surface area (Å²) < 4.78 is 1.51. The van der Waals surface area contributed by atoms with E-state index in [2.05, 4.69) is 15.7 Å². The normalized spacial score (nSPS) is 11.6. The van der Waals surface area contributed by atoms with E-state index < -0.39 is 0 Å². The van der Waals surface area contributed by atoms with Crippen molar-refractivity contribution in [3.63, 3.8) is 0 Å². The Morgan fingerprint density at radius 1 is 1.07 bits per heavy atom. The first-order valence-corrected chi connectivity index (χ1v) is 9.30. The van der Waals surface area contributed by atoms with Gasteiger partial charge < -0.3 is 10.6 Å². The van der Waals surface area contributed by atoms with Gasteiger partial charge in [-0.1, -0.05) is 55.0 Å². The van der Waals surface area contributed by atoms with Crippen molar-refractivity contribution in [2.45, 2.75) is 32.9 Å². The molecule has 1 atom stereocenters. The molecule has 2 aromatic carbocycles. The number of aromatic nitrogens is 2. The summed E-state index contributed by atoms with van der Waals surface area (Å²) in [5.74, 6) is -0.341. The third-order valence-corrected chi connectivity index (χ3v) is 4.46. The molecule has 144 valence electrons. The lowest BCUT2D eigenvalue weighted by atomic mass is 10.0. The van der Waals surface area contributed by atoms with Crippen LogP contribution in [0.2, 0.25) is 0 Å². The molecule has 2 N–H and O–H groups in total. The van der Waals surface area contributed by atoms with E-state index >= 15 is 0 Å². The highest BCUT2D eigenvalue weighted by molar-refractivity contribution is 6.04. The summed E-state index contributed by atoms with van der Waals surface area (Å²) >= 11 is 0. The van der Waals surface area contributed by atoms with E-state index in [4.69, 9.17) is 0 Å². The topological polar surface area (TPSA) is 76.0 Å². The van der Waals surface area contributed by atoms with Crippen LogP contribution in [0, 0.1) is 6.92 Å². The Labute approximate surface area is 164 Å². The van der Waals surface area contributed by atoms with Gasteiger partial charge in [0.1, 0.15) is 6.54 Å². The second-order valence-corrected chi connectivity index (χ2v) is 6.69. The molecule has 3 aromatic rings. The predicted molar refractivity (Wildman–Crippen MR) is 109 cm³/mol. The molecule has 2 amide bonds. The minimum absolute atomic E-state index is 0.0408. The van der Waals surface area contributed by atoms with Gasteiger partial charge in [0.15, 0.2) is 0 Å². The summed E-state index contributed by atoms with van der Waals surface area (Å²) in [5, 5.41) is 9.98. The zero-order chi connectivity index (χ0) is 19.9. The summed E-state index contributed by atoms with van der Waals surface area (Å²) in [7, 11) is 0. The molecule has 0 aliphatic heterocycles. The molecule has 1 unspecified atom stereocenters. The van der Waals surface area contributed by atoms with Crippen LogP contribution in [0.1, 0.15) is 40.9 Å². The van der Waals surface area contributed by atoms with Gasteiger partial charge in [-0.2, -0.15) is 5.10 Å². The van der Waals surface area contributed by atoms with E-state index in [1.807, 2.05) is 44.2 Å². The number of rotatable bonds is 7. The van der Waals surface area contributed by atoms with Crippen molar-refractivity contribution >= 4 is 17.5 Å². The summed E-state index contributed by atoms with van der Waals surface area (Å²) in [5.41, 5.74) is 3.38. The van der Waals surface area contributed by atoms with E-state index in [0.717, 1.165) is 12.0 Å². The van der Waals surface area contributed by atoms with Crippen molar-refractivity contribution in [1.82, 2.24) is 15.1 Å². The number of amides is 2. The average Bonchev–Trinajstić information content (AvgIpc) is 3.14. The lowest BCUT2D eigenvalue weighted by Crippen LogP contribution is -2.31. The molecule has 0 aliphatic carbocycles. The summed E-state index contributed by atoms with van der Waals surface area (Å²) in [4.78, 5) is 24.6. The van der Waals surface area contributed by atoms with Crippen molar-refractivity contribution in [3.05, 3.63) is 83.7 Å². The Morgan fingerprint density at radius 2 is 1.79 bits per heavy atom. The third-order valence-electron chi connectivity index (χ3n) is 4.46. The highest BCUT2D eigenvalue weighted by Gasteiger charge is 2.14. The van der Waals surface area contributed by atoms with Crippen molar-refractivity contribution in [2.75, 3.05) is 5.32 Å². The molecule has 6 heteroatoms. The number of benzene rings is 2. The van der Waals surface area contributed by atoms with Gasteiger partial charge in [0.05, 0.1) is 17.9 Å². The molecule has 0 radical (unpaired) electrons. The molecule has 0 saturated carbocycles. The average molecular weight is 376 g/mol. The number of nitrogens with zero attached hydrogens (tertiary/aromatic N) is 2. The van der Waals surface area contributed by atoms with Crippen molar-refractivity contribution in [3.8, 4) is 0 Å². The van der Waals surface area contributed by atoms with Crippen LogP contribution in [0.15, 0.2) is 67.0 Å². The molecule has 6 nitrogen and oxygen atoms in total. The van der Waals surface area contributed by atoms with Crippen LogP contribution >= 0.6 is 0 Å². The largest absolute Gasteiger partial charge is 0.348 e. The zero-order valence-corrected chi connectivity index (χ0v) is 16.1. The third kappa shape index (κ3) is 5.07. The minimum atomic E-state index is -0.213. The monoisotopic (exact) mass is 376 g/mol. The molecular formula is C22H24N4O2. The first kappa shape index (κ1) is 19.4. The Hall–Kier alpha value is -3.41. The van der Waals surface area contributed by atoms with Gasteiger partial charge in [0.25, 0.3) is 5.91 Å². The quantitative estimate of drug-likeness (QED) is 0.660. The first-order valence-electron chi connectivity index (χ1n) is 9.30. The lowest BCUT2D eigenvalue weighted by Gasteiger charge is -2.17. The second kappa shape index (κ2) is 8.99. The fourth-order valence-electron chi connectivity index (χ4n) is 2.91. The van der Waals surface area contributed by atoms with E-state index in [-0.39, 0.29) is 24.4 Å². The molecular weight excluding hydrogens is 352 g/mol. The lowest BCUT2D eigenvalue weighted by molar-refractivity contribution is -0.122. The van der Waals surface area contributed by atoms with Crippen LogP contribution in [-0.2, 0) is 11.3 Å². The molecule has 0 aliphatic rings. The summed E-state index contributed by atoms with van der Waals surface area (Å²) in [6.07, 6.45) is 3.98. The molecule has 1 aromatic heterocycles. The van der Waals surface area contributed by atoms with Gasteiger partial charge in [-0.15, -0.1) is 0 Å². The van der Waals surface area contributed by atoms with Crippen LogP contribution in [0.4, 0.5) is 5.69 Å². The van der Waals surface area contributed by atoms with Gasteiger partial charge in [-0.3, -0.25) is 14.3 Å². The predicted octanol–water partition coefficient (Wildman–Crippen LogP) is 3.71. The fourth-order valence-corrected chi connectivity index (χ4v) is 2.91. The highest BCUT2D eigenvalue weighted by Crippen LogP contribution is 2.17. The summed E-state index contributed by atoms with van der Waals surface area (Å²) in [6.45, 7) is 4.16. The summed E-state index contributed by atoms with van der Waals surface area (Å²) in [6, 6.07) is 17.1. The van der Waals surface area contributed by atoms with Crippen molar-refractivity contribution in [2.24, 2.45) is 0 Å². The molecule has 0 fully saturated rings. The van der Waals surface area contributed by atoms with E-state index in [0.29, 0.717) is 11.3 Å². The fraction of sp³-hybridized carbons (Fsp3) is 0.227. The molecule has 0 saturated heterocycles. The number of carbonyl (C=O) groups excluding carboxylic acids is 2. The Bertz CT molecular complexity index is 933. The minimum Gasteiger partial charge on any atom is -0.348 e. The maximum Gasteiger partial charge on any atom is 0.255 e. The number of nitrogens with one attached hydrogen (secondary N) is 2. The number of hydrogen-bond donors (Lipinski definition) is 2. The van der Waals surface area contributed by atoms with Crippen molar-refractivity contribution in [1.29, 1.82) is 0 Å². The van der Waals surface area contributed by atoms with Gasteiger partial charge in [-0.05, 0) is 31.0 Å². The van der Waals surface area contributed by atoms with Crippen LogP contribution in [0.3, 0.4) is 0 Å². The molecule has 0 bridgehead atoms. The number of hydrogen-bond acceptors (Lipinski definition) is 3. The van der Waals surface area contributed by atoms with E-state index in [9.17, 15) is 9.59 Å². The van der Waals surface area contributed by atoms with Crippen LogP contribution < -0.4 is 10.6 Å². The van der Waals surface area contributed by atoms with E-state index in [1.165, 1.54) is 16.4 Å². The van der Waals surface area contributed by atoms with Crippen LogP contribution in [0.25, 0.3) is 0 Å². The number of anilines is 1. The number of carbonyl (C=O) groups is 2. The van der Waals surface area contributed by atoms with Gasteiger partial charge >= 0.3 is 0 Å². The molecule has 28 heavy (non-hydrogen) atoms. The van der Waals surface area contributed by atoms with Crippen molar-refractivity contribution < 1.29 is 9.59 Å². The highest BCUT2D eigenvalue weighted by atomic mass is 16.2. The number of aryl methyl sites for hydroxylation is 1. The Balaban J connectivity index is 1.57. The SMILES string of the molecule is CCC(NC(=O)Cn1cc(NC(=O)c2ccccc2)cn1)c1ccc(C)cc1. The van der Waals surface area contributed by atoms with Crippen LogP contribution in [-0.4, -0.2) is 21.6 Å². The second-order valence-electron chi connectivity index (χ2n) is 6.69. The van der Waals surface area contributed by atoms with Crippen LogP contribution in [0.5, 0.6) is 0 Å². The van der Waals surface area contributed by atoms with Gasteiger partial charge in [0, 0.05) is 11.8 Å². The Morgan fingerprint density at radius 3 is 2.46 bits per heavy atom. The smallest absolute Gasteiger partial charge is 0.255 e.